The van der Waals surface area contributed by atoms with Crippen LogP contribution < -0.4 is 0 Å². The number of nitrogens with one attached hydrogen (secondary N) is 1. The summed E-state index contributed by atoms with van der Waals surface area (Å²) in [6.45, 7) is 0. The second-order valence-corrected chi connectivity index (χ2v) is 16.6. The van der Waals surface area contributed by atoms with Crippen molar-refractivity contribution in [1.82, 2.24) is 19.5 Å². The van der Waals surface area contributed by atoms with Crippen LogP contribution in [0.4, 0.5) is 65.9 Å². The van der Waals surface area contributed by atoms with Crippen LogP contribution in [0.5, 0.6) is 0 Å². The molecule has 1 unspecified atom stereocenters. The van der Waals surface area contributed by atoms with E-state index >= 15 is 52.7 Å². The van der Waals surface area contributed by atoms with E-state index in [1.165, 1.54) is 30.4 Å². The maximum absolute atomic E-state index is 16.5. The van der Waals surface area contributed by atoms with E-state index in [9.17, 15) is 13.2 Å². The maximum atomic E-state index is 16.5. The fourth-order valence-corrected chi connectivity index (χ4v) is 10.4. The van der Waals surface area contributed by atoms with Crippen LogP contribution in [0.1, 0.15) is 46.4 Å². The molecule has 322 valence electrons. The molecule has 21 heteroatoms. The number of benzene rings is 3. The molecule has 3 aromatic heterocycles. The fourth-order valence-electron chi connectivity index (χ4n) is 7.51. The van der Waals surface area contributed by atoms with E-state index in [1.807, 2.05) is 0 Å². The summed E-state index contributed by atoms with van der Waals surface area (Å²) in [6.07, 6.45) is 5.11. The first-order chi connectivity index (χ1) is 30.0. The molecule has 3 aliphatic heterocycles. The van der Waals surface area contributed by atoms with Gasteiger partial charge in [-0.05, 0) is 67.5 Å². The van der Waals surface area contributed by atoms with Crippen LogP contribution in [0, 0.1) is 87.3 Å². The van der Waals surface area contributed by atoms with Gasteiger partial charge in [-0.2, -0.15) is 0 Å². The quantitative estimate of drug-likeness (QED) is 0.0827. The monoisotopic (exact) mass is 926 g/mol. The molecular weight excluding hydrogens is 910 g/mol. The third kappa shape index (κ3) is 6.60. The first-order valence-electron chi connectivity index (χ1n) is 18.0. The molecule has 9 rings (SSSR count). The zero-order chi connectivity index (χ0) is 44.9. The van der Waals surface area contributed by atoms with Crippen molar-refractivity contribution in [2.24, 2.45) is 0 Å². The minimum atomic E-state index is -2.81. The number of halogens is 15. The highest BCUT2D eigenvalue weighted by molar-refractivity contribution is 8.76. The summed E-state index contributed by atoms with van der Waals surface area (Å²) in [6, 6.07) is 6.64. The lowest BCUT2D eigenvalue weighted by atomic mass is 9.91. The Morgan fingerprint density at radius 1 is 0.492 bits per heavy atom. The molecule has 63 heavy (non-hydrogen) atoms. The summed E-state index contributed by atoms with van der Waals surface area (Å²) in [5.74, 6) is -40.8. The molecule has 1 N–H and O–H groups in total. The number of hydrogen-bond donors (Lipinski definition) is 1. The third-order valence-electron chi connectivity index (χ3n) is 10.2. The van der Waals surface area contributed by atoms with E-state index in [0.29, 0.717) is 22.9 Å². The molecule has 0 amide bonds. The minimum absolute atomic E-state index is 0.0233. The molecule has 4 nitrogen and oxygen atoms in total. The van der Waals surface area contributed by atoms with Crippen LogP contribution in [0.25, 0.3) is 74.3 Å². The van der Waals surface area contributed by atoms with Crippen molar-refractivity contribution in [2.45, 2.75) is 18.1 Å². The van der Waals surface area contributed by atoms with Gasteiger partial charge >= 0.3 is 0 Å². The summed E-state index contributed by atoms with van der Waals surface area (Å²) in [5.41, 5.74) is -13.0. The summed E-state index contributed by atoms with van der Waals surface area (Å²) in [7, 11) is 2.05. The number of aromatic amines is 1. The summed E-state index contributed by atoms with van der Waals surface area (Å²) >= 11 is 0. The van der Waals surface area contributed by atoms with Crippen LogP contribution in [-0.2, 0) is 0 Å². The Hall–Kier alpha value is -6.09. The topological polar surface area (TPSA) is 46.5 Å². The molecule has 0 aliphatic carbocycles. The van der Waals surface area contributed by atoms with E-state index in [0.717, 1.165) is 27.7 Å². The van der Waals surface area contributed by atoms with Gasteiger partial charge < -0.3 is 9.55 Å². The summed E-state index contributed by atoms with van der Waals surface area (Å²) in [4.78, 5) is 11.9. The molecule has 3 aromatic carbocycles. The van der Waals surface area contributed by atoms with Gasteiger partial charge in [-0.1, -0.05) is 21.6 Å². The van der Waals surface area contributed by atoms with Crippen molar-refractivity contribution < 1.29 is 65.9 Å². The molecule has 1 saturated heterocycles. The second-order valence-electron chi connectivity index (χ2n) is 13.9. The summed E-state index contributed by atoms with van der Waals surface area (Å²) < 4.78 is 236. The van der Waals surface area contributed by atoms with Gasteiger partial charge in [0.05, 0.1) is 44.9 Å². The van der Waals surface area contributed by atoms with Crippen molar-refractivity contribution in [1.29, 1.82) is 0 Å². The Bertz CT molecular complexity index is 3160. The Balaban J connectivity index is 1.72. The maximum Gasteiger partial charge on any atom is 0.200 e. The third-order valence-corrected chi connectivity index (χ3v) is 13.1. The van der Waals surface area contributed by atoms with Crippen molar-refractivity contribution in [3.8, 4) is 27.9 Å². The summed E-state index contributed by atoms with van der Waals surface area (Å²) in [5, 5.41) is -1.20. The highest BCUT2D eigenvalue weighted by atomic mass is 33.1. The number of H-pyrrole nitrogens is 1. The zero-order valence-electron chi connectivity index (χ0n) is 30.7. The molecule has 6 heterocycles. The van der Waals surface area contributed by atoms with E-state index in [2.05, 4.69) is 15.0 Å². The lowest BCUT2D eigenvalue weighted by Crippen LogP contribution is -2.12. The van der Waals surface area contributed by atoms with Gasteiger partial charge in [0.15, 0.2) is 69.8 Å². The molecule has 1 atom stereocenters. The number of fused-ring (bicyclic) bond motifs is 8. The smallest absolute Gasteiger partial charge is 0.200 e. The van der Waals surface area contributed by atoms with Crippen molar-refractivity contribution in [2.75, 3.05) is 5.75 Å². The number of nitrogens with zero attached hydrogens (tertiary/aromatic N) is 3. The molecule has 0 radical (unpaired) electrons. The van der Waals surface area contributed by atoms with E-state index in [4.69, 9.17) is 0 Å². The van der Waals surface area contributed by atoms with Gasteiger partial charge in [0.25, 0.3) is 0 Å². The van der Waals surface area contributed by atoms with Gasteiger partial charge in [0.2, 0.25) is 17.5 Å². The molecular formula is C42H17F15N4S2. The Kier molecular flexibility index (Phi) is 10.5. The lowest BCUT2D eigenvalue weighted by molar-refractivity contribution is 0.376. The van der Waals surface area contributed by atoms with Crippen LogP contribution >= 0.6 is 21.6 Å². The van der Waals surface area contributed by atoms with E-state index < -0.39 is 143 Å². The van der Waals surface area contributed by atoms with Gasteiger partial charge in [-0.3, -0.25) is 0 Å². The van der Waals surface area contributed by atoms with Crippen LogP contribution in [0.3, 0.4) is 0 Å². The average Bonchev–Trinajstić information content (AvgIpc) is 4.09. The predicted octanol–water partition coefficient (Wildman–Crippen LogP) is 13.8. The minimum Gasteiger partial charge on any atom is -0.355 e. The SMILES string of the molecule is Fc1c(F)c(F)c(-c2c(-c3c(F)c(F)c(F)c(F)c3F)c3c(C4CCCSS4)c4nc(cc5ccc(cc6nc(cc2n3-c2c(F)c(F)c(F)c(F)c2F)C=C6)[nH]5)C=C4)c(F)c1F. The molecule has 1 fully saturated rings. The standard InChI is InChI=1S/C42H17F15N4S2/c43-26-24(27(44)31(48)34(51)30(26)47)22-19-12-17-6-5-14(59-17)10-13-3-4-15(58-13)11-16-7-8-18(60-16)21(20-2-1-9-62-63-20)41(23(22)25-28(45)32(49)35(52)33(50)29(25)46)61(19)42-39(56)37(54)36(53)38(55)40(42)57/h3-8,10-12,20,58H,1-2,9H2. The average molecular weight is 927 g/mol. The molecule has 0 saturated carbocycles. The largest absolute Gasteiger partial charge is 0.355 e. The Morgan fingerprint density at radius 2 is 0.937 bits per heavy atom. The van der Waals surface area contributed by atoms with Crippen LogP contribution in [-0.4, -0.2) is 25.3 Å². The van der Waals surface area contributed by atoms with Gasteiger partial charge in [-0.15, -0.1) is 0 Å². The number of aromatic nitrogens is 4. The molecule has 8 bridgehead atoms. The second kappa shape index (κ2) is 15.6. The first-order valence-corrected chi connectivity index (χ1v) is 20.4. The first kappa shape index (κ1) is 42.2. The van der Waals surface area contributed by atoms with Crippen molar-refractivity contribution >= 4 is 68.0 Å². The van der Waals surface area contributed by atoms with Crippen molar-refractivity contribution in [3.05, 3.63) is 146 Å². The van der Waals surface area contributed by atoms with Crippen LogP contribution in [0.15, 0.2) is 30.3 Å². The number of rotatable bonds is 4. The molecule has 0 spiro atoms. The van der Waals surface area contributed by atoms with Gasteiger partial charge in [0.1, 0.15) is 5.69 Å². The zero-order valence-corrected chi connectivity index (χ0v) is 32.4. The molecule has 3 aliphatic rings. The van der Waals surface area contributed by atoms with Crippen molar-refractivity contribution in [3.63, 3.8) is 0 Å². The van der Waals surface area contributed by atoms with Crippen LogP contribution in [0.2, 0.25) is 0 Å². The Labute approximate surface area is 350 Å². The lowest BCUT2D eigenvalue weighted by Gasteiger charge is -2.24. The fraction of sp³-hybridized carbons (Fsp3) is 0.0952. The van der Waals surface area contributed by atoms with E-state index in [1.54, 1.807) is 12.1 Å². The van der Waals surface area contributed by atoms with E-state index in [-0.39, 0.29) is 34.5 Å². The highest BCUT2D eigenvalue weighted by Crippen LogP contribution is 2.54. The predicted molar refractivity (Wildman–Crippen MR) is 206 cm³/mol. The Morgan fingerprint density at radius 3 is 1.44 bits per heavy atom. The number of hydrogen-bond acceptors (Lipinski definition) is 4. The highest BCUT2D eigenvalue weighted by Gasteiger charge is 2.40. The van der Waals surface area contributed by atoms with Gasteiger partial charge in [-0.25, -0.2) is 75.8 Å². The molecule has 6 aromatic rings. The van der Waals surface area contributed by atoms with Gasteiger partial charge in [0, 0.05) is 38.7 Å². The normalized spacial score (nSPS) is 14.9.